The van der Waals surface area contributed by atoms with Gasteiger partial charge in [-0.1, -0.05) is 12.8 Å². The van der Waals surface area contributed by atoms with Gasteiger partial charge in [-0.2, -0.15) is 5.10 Å². The first-order valence-corrected chi connectivity index (χ1v) is 7.76. The van der Waals surface area contributed by atoms with Crippen LogP contribution in [0.2, 0.25) is 0 Å². The molecule has 0 atom stereocenters. The first-order valence-electron chi connectivity index (χ1n) is 7.76. The average Bonchev–Trinajstić information content (AvgIpc) is 3.14. The number of guanidine groups is 1. The smallest absolute Gasteiger partial charge is 0.221 e. The molecule has 1 aliphatic rings. The van der Waals surface area contributed by atoms with E-state index >= 15 is 0 Å². The predicted molar refractivity (Wildman–Crippen MR) is 84.2 cm³/mol. The van der Waals surface area contributed by atoms with Crippen molar-refractivity contribution in [3.63, 3.8) is 0 Å². The largest absolute Gasteiger partial charge is 0.356 e. The van der Waals surface area contributed by atoms with Crippen molar-refractivity contribution in [2.75, 3.05) is 13.6 Å². The van der Waals surface area contributed by atoms with Gasteiger partial charge in [0.15, 0.2) is 5.96 Å². The van der Waals surface area contributed by atoms with E-state index in [-0.39, 0.29) is 5.91 Å². The summed E-state index contributed by atoms with van der Waals surface area (Å²) in [5, 5.41) is 13.3. The predicted octanol–water partition coefficient (Wildman–Crippen LogP) is -0.0710. The lowest BCUT2D eigenvalue weighted by atomic mass is 10.2. The molecule has 8 heteroatoms. The lowest BCUT2D eigenvalue weighted by molar-refractivity contribution is -0.121. The van der Waals surface area contributed by atoms with Crippen LogP contribution in [-0.2, 0) is 18.4 Å². The number of rotatable bonds is 6. The molecule has 0 aromatic carbocycles. The Morgan fingerprint density at radius 3 is 2.82 bits per heavy atom. The van der Waals surface area contributed by atoms with Crippen molar-refractivity contribution in [1.82, 2.24) is 30.7 Å². The molecule has 8 nitrogen and oxygen atoms in total. The molecule has 1 aromatic heterocycles. The number of amides is 1. The first-order chi connectivity index (χ1) is 10.7. The zero-order valence-electron chi connectivity index (χ0n) is 13.3. The van der Waals surface area contributed by atoms with Crippen molar-refractivity contribution >= 4 is 11.9 Å². The van der Waals surface area contributed by atoms with Crippen LogP contribution in [-0.4, -0.2) is 46.3 Å². The highest BCUT2D eigenvalue weighted by molar-refractivity contribution is 5.81. The number of hydrogen-bond donors (Lipinski definition) is 3. The van der Waals surface area contributed by atoms with Gasteiger partial charge in [-0.3, -0.25) is 14.5 Å². The van der Waals surface area contributed by atoms with Gasteiger partial charge in [0.05, 0.1) is 6.54 Å². The summed E-state index contributed by atoms with van der Waals surface area (Å²) in [7, 11) is 3.54. The van der Waals surface area contributed by atoms with Crippen LogP contribution in [0.3, 0.4) is 0 Å². The number of aromatic nitrogens is 3. The van der Waals surface area contributed by atoms with Crippen molar-refractivity contribution in [3.8, 4) is 0 Å². The number of carbonyl (C=O) groups excluding carboxylic acids is 1. The number of carbonyl (C=O) groups is 1. The first kappa shape index (κ1) is 16.3. The summed E-state index contributed by atoms with van der Waals surface area (Å²) in [6.45, 7) is 1.08. The third kappa shape index (κ3) is 5.01. The van der Waals surface area contributed by atoms with Crippen LogP contribution in [0.25, 0.3) is 0 Å². The number of aliphatic imine (C=N–C) groups is 1. The third-order valence-electron chi connectivity index (χ3n) is 3.81. The molecule has 0 aliphatic heterocycles. The molecule has 2 rings (SSSR count). The zero-order chi connectivity index (χ0) is 15.8. The van der Waals surface area contributed by atoms with Crippen molar-refractivity contribution in [3.05, 3.63) is 12.2 Å². The second-order valence-electron chi connectivity index (χ2n) is 5.45. The molecule has 1 heterocycles. The van der Waals surface area contributed by atoms with E-state index in [4.69, 9.17) is 0 Å². The molecule has 1 fully saturated rings. The number of nitrogens with one attached hydrogen (secondary N) is 3. The summed E-state index contributed by atoms with van der Waals surface area (Å²) >= 11 is 0. The molecule has 0 spiro atoms. The second-order valence-corrected chi connectivity index (χ2v) is 5.45. The maximum atomic E-state index is 11.8. The normalized spacial score (nSPS) is 15.8. The SMILES string of the molecule is CN=C(NCCC(=O)NC1CCCC1)NCc1ncnn1C. The van der Waals surface area contributed by atoms with Crippen molar-refractivity contribution in [2.45, 2.75) is 44.7 Å². The highest BCUT2D eigenvalue weighted by Gasteiger charge is 2.16. The van der Waals surface area contributed by atoms with Crippen molar-refractivity contribution < 1.29 is 4.79 Å². The molecule has 22 heavy (non-hydrogen) atoms. The minimum atomic E-state index is 0.100. The number of nitrogens with zero attached hydrogens (tertiary/aromatic N) is 4. The quantitative estimate of drug-likeness (QED) is 0.505. The second kappa shape index (κ2) is 8.35. The molecule has 1 aliphatic carbocycles. The van der Waals surface area contributed by atoms with E-state index in [1.807, 2.05) is 7.05 Å². The van der Waals surface area contributed by atoms with E-state index in [2.05, 4.69) is 31.0 Å². The van der Waals surface area contributed by atoms with Gasteiger partial charge in [-0.15, -0.1) is 0 Å². The Labute approximate surface area is 130 Å². The van der Waals surface area contributed by atoms with Crippen LogP contribution in [0.1, 0.15) is 37.9 Å². The molecule has 1 amide bonds. The van der Waals surface area contributed by atoms with E-state index in [9.17, 15) is 4.79 Å². The van der Waals surface area contributed by atoms with Crippen molar-refractivity contribution in [1.29, 1.82) is 0 Å². The maximum absolute atomic E-state index is 11.8. The Bertz CT molecular complexity index is 505. The Hall–Kier alpha value is -2.12. The lowest BCUT2D eigenvalue weighted by Crippen LogP contribution is -2.40. The van der Waals surface area contributed by atoms with Crippen LogP contribution in [0.15, 0.2) is 11.3 Å². The number of aryl methyl sites for hydroxylation is 1. The van der Waals surface area contributed by atoms with E-state index < -0.39 is 0 Å². The summed E-state index contributed by atoms with van der Waals surface area (Å²) in [4.78, 5) is 20.1. The van der Waals surface area contributed by atoms with Crippen LogP contribution in [0.5, 0.6) is 0 Å². The van der Waals surface area contributed by atoms with E-state index in [0.717, 1.165) is 18.7 Å². The van der Waals surface area contributed by atoms with Gasteiger partial charge in [0, 0.05) is 33.1 Å². The Balaban J connectivity index is 1.63. The van der Waals surface area contributed by atoms with Gasteiger partial charge >= 0.3 is 0 Å². The summed E-state index contributed by atoms with van der Waals surface area (Å²) < 4.78 is 1.70. The summed E-state index contributed by atoms with van der Waals surface area (Å²) in [5.74, 6) is 1.57. The van der Waals surface area contributed by atoms with Gasteiger partial charge in [0.1, 0.15) is 12.2 Å². The molecule has 1 aromatic rings. The van der Waals surface area contributed by atoms with Gasteiger partial charge in [0.25, 0.3) is 0 Å². The number of hydrogen-bond acceptors (Lipinski definition) is 4. The van der Waals surface area contributed by atoms with Gasteiger partial charge in [0.2, 0.25) is 5.91 Å². The van der Waals surface area contributed by atoms with E-state index in [0.29, 0.717) is 31.5 Å². The van der Waals surface area contributed by atoms with Crippen LogP contribution >= 0.6 is 0 Å². The fourth-order valence-corrected chi connectivity index (χ4v) is 2.53. The van der Waals surface area contributed by atoms with Crippen molar-refractivity contribution in [2.24, 2.45) is 12.0 Å². The van der Waals surface area contributed by atoms with Gasteiger partial charge < -0.3 is 16.0 Å². The van der Waals surface area contributed by atoms with E-state index in [1.54, 1.807) is 11.7 Å². The molecule has 0 saturated heterocycles. The highest BCUT2D eigenvalue weighted by Crippen LogP contribution is 2.17. The molecule has 0 radical (unpaired) electrons. The standard InChI is InChI=1S/C14H25N7O/c1-15-14(17-9-12-18-10-19-21(12)2)16-8-7-13(22)20-11-5-3-4-6-11/h10-11H,3-9H2,1-2H3,(H,20,22)(H2,15,16,17). The fraction of sp³-hybridized carbons (Fsp3) is 0.714. The highest BCUT2D eigenvalue weighted by atomic mass is 16.1. The van der Waals surface area contributed by atoms with Crippen LogP contribution in [0, 0.1) is 0 Å². The molecular weight excluding hydrogens is 282 g/mol. The average molecular weight is 307 g/mol. The lowest BCUT2D eigenvalue weighted by Gasteiger charge is -2.13. The van der Waals surface area contributed by atoms with Crippen LogP contribution in [0.4, 0.5) is 0 Å². The minimum absolute atomic E-state index is 0.100. The monoisotopic (exact) mass is 307 g/mol. The Morgan fingerprint density at radius 2 is 2.18 bits per heavy atom. The molecule has 0 unspecified atom stereocenters. The summed E-state index contributed by atoms with van der Waals surface area (Å²) in [6, 6.07) is 0.376. The molecule has 122 valence electrons. The summed E-state index contributed by atoms with van der Waals surface area (Å²) in [5.41, 5.74) is 0. The Kier molecular flexibility index (Phi) is 6.17. The maximum Gasteiger partial charge on any atom is 0.221 e. The fourth-order valence-electron chi connectivity index (χ4n) is 2.53. The Morgan fingerprint density at radius 1 is 1.41 bits per heavy atom. The molecular formula is C14H25N7O. The summed E-state index contributed by atoms with van der Waals surface area (Å²) in [6.07, 6.45) is 6.63. The minimum Gasteiger partial charge on any atom is -0.356 e. The molecule has 3 N–H and O–H groups in total. The molecule has 0 bridgehead atoms. The third-order valence-corrected chi connectivity index (χ3v) is 3.81. The van der Waals surface area contributed by atoms with Gasteiger partial charge in [-0.05, 0) is 12.8 Å². The topological polar surface area (TPSA) is 96.2 Å². The van der Waals surface area contributed by atoms with E-state index in [1.165, 1.54) is 19.2 Å². The molecule has 1 saturated carbocycles. The van der Waals surface area contributed by atoms with Gasteiger partial charge in [-0.25, -0.2) is 4.98 Å². The zero-order valence-corrected chi connectivity index (χ0v) is 13.3. The van der Waals surface area contributed by atoms with Crippen LogP contribution < -0.4 is 16.0 Å².